The molecule has 5 nitrogen and oxygen atoms in total. The molecule has 0 spiro atoms. The Morgan fingerprint density at radius 2 is 2.24 bits per heavy atom. The van der Waals surface area contributed by atoms with E-state index in [9.17, 15) is 4.79 Å². The zero-order valence-electron chi connectivity index (χ0n) is 14.6. The molecule has 0 saturated carbocycles. The third-order valence-corrected chi connectivity index (χ3v) is 5.07. The molecule has 3 rings (SSSR count). The molecule has 1 fully saturated rings. The van der Waals surface area contributed by atoms with Crippen LogP contribution in [0.15, 0.2) is 29.6 Å². The first kappa shape index (κ1) is 17.9. The first-order chi connectivity index (χ1) is 12.2. The minimum absolute atomic E-state index is 0.0520. The molecule has 1 saturated heterocycles. The highest BCUT2D eigenvalue weighted by atomic mass is 32.1. The quantitative estimate of drug-likeness (QED) is 0.750. The van der Waals surface area contributed by atoms with E-state index >= 15 is 0 Å². The fourth-order valence-corrected chi connectivity index (χ4v) is 3.62. The Balaban J connectivity index is 1.51. The lowest BCUT2D eigenvalue weighted by atomic mass is 10.0. The Hall–Kier alpha value is -1.92. The molecule has 1 aliphatic heterocycles. The molecule has 134 valence electrons. The fraction of sp³-hybridized carbons (Fsp3) is 0.474. The Kier molecular flexibility index (Phi) is 6.42. The first-order valence-corrected chi connectivity index (χ1v) is 9.82. The molecule has 1 aromatic heterocycles. The van der Waals surface area contributed by atoms with E-state index in [4.69, 9.17) is 4.74 Å². The third kappa shape index (κ3) is 5.28. The first-order valence-electron chi connectivity index (χ1n) is 8.94. The summed E-state index contributed by atoms with van der Waals surface area (Å²) >= 11 is 1.46. The number of aromatic nitrogens is 1. The van der Waals surface area contributed by atoms with Gasteiger partial charge in [0.1, 0.15) is 5.75 Å². The molecule has 1 amide bonds. The van der Waals surface area contributed by atoms with Gasteiger partial charge in [0.15, 0.2) is 5.13 Å². The molecule has 1 atom stereocenters. The molecule has 0 bridgehead atoms. The van der Waals surface area contributed by atoms with E-state index in [0.29, 0.717) is 17.5 Å². The number of nitrogens with one attached hydrogen (secondary N) is 2. The second kappa shape index (κ2) is 8.97. The van der Waals surface area contributed by atoms with Gasteiger partial charge in [0.25, 0.3) is 0 Å². The van der Waals surface area contributed by atoms with Crippen molar-refractivity contribution < 1.29 is 9.53 Å². The van der Waals surface area contributed by atoms with Gasteiger partial charge in [-0.2, -0.15) is 0 Å². The van der Waals surface area contributed by atoms with E-state index in [2.05, 4.69) is 22.5 Å². The van der Waals surface area contributed by atoms with Gasteiger partial charge in [-0.25, -0.2) is 4.98 Å². The standard InChI is InChI=1S/C19H25N3O2S/c1-2-11-24-16-6-4-15(5-7-16)17-13-25-19(21-17)22-18(23)8-3-14-9-10-20-12-14/h4-7,13-14,20H,2-3,8-12H2,1H3,(H,21,22,23). The number of thiazole rings is 1. The van der Waals surface area contributed by atoms with E-state index in [1.54, 1.807) is 0 Å². The highest BCUT2D eigenvalue weighted by Gasteiger charge is 2.16. The lowest BCUT2D eigenvalue weighted by Crippen LogP contribution is -2.14. The smallest absolute Gasteiger partial charge is 0.226 e. The van der Waals surface area contributed by atoms with Crippen molar-refractivity contribution in [2.45, 2.75) is 32.6 Å². The maximum absolute atomic E-state index is 12.1. The molecular formula is C19H25N3O2S. The fourth-order valence-electron chi connectivity index (χ4n) is 2.88. The van der Waals surface area contributed by atoms with E-state index in [1.807, 2.05) is 29.6 Å². The van der Waals surface area contributed by atoms with Crippen molar-refractivity contribution >= 4 is 22.4 Å². The molecule has 2 aromatic rings. The summed E-state index contributed by atoms with van der Waals surface area (Å²) in [5.74, 6) is 1.55. The summed E-state index contributed by atoms with van der Waals surface area (Å²) in [5.41, 5.74) is 1.90. The van der Waals surface area contributed by atoms with E-state index in [0.717, 1.165) is 49.5 Å². The van der Waals surface area contributed by atoms with E-state index < -0.39 is 0 Å². The third-order valence-electron chi connectivity index (χ3n) is 4.32. The van der Waals surface area contributed by atoms with Gasteiger partial charge in [-0.3, -0.25) is 4.79 Å². The Morgan fingerprint density at radius 1 is 1.40 bits per heavy atom. The average Bonchev–Trinajstić information content (AvgIpc) is 3.30. The predicted molar refractivity (Wildman–Crippen MR) is 102 cm³/mol. The number of anilines is 1. The average molecular weight is 359 g/mol. The van der Waals surface area contributed by atoms with Gasteiger partial charge in [0.05, 0.1) is 12.3 Å². The Bertz CT molecular complexity index is 678. The number of amides is 1. The van der Waals surface area contributed by atoms with Crippen LogP contribution >= 0.6 is 11.3 Å². The van der Waals surface area contributed by atoms with Crippen LogP contribution in [0.4, 0.5) is 5.13 Å². The minimum atomic E-state index is 0.0520. The van der Waals surface area contributed by atoms with Gasteiger partial charge in [-0.15, -0.1) is 11.3 Å². The topological polar surface area (TPSA) is 63.2 Å². The van der Waals surface area contributed by atoms with E-state index in [-0.39, 0.29) is 5.91 Å². The molecule has 1 aliphatic rings. The van der Waals surface area contributed by atoms with Gasteiger partial charge in [0, 0.05) is 17.4 Å². The van der Waals surface area contributed by atoms with Crippen LogP contribution in [0.1, 0.15) is 32.6 Å². The summed E-state index contributed by atoms with van der Waals surface area (Å²) in [6.45, 7) is 4.92. The van der Waals surface area contributed by atoms with Crippen LogP contribution in [-0.2, 0) is 4.79 Å². The van der Waals surface area contributed by atoms with Gasteiger partial charge in [-0.05, 0) is 62.5 Å². The highest BCUT2D eigenvalue weighted by molar-refractivity contribution is 7.14. The number of benzene rings is 1. The van der Waals surface area contributed by atoms with Crippen molar-refractivity contribution in [1.29, 1.82) is 0 Å². The molecule has 25 heavy (non-hydrogen) atoms. The van der Waals surface area contributed by atoms with Crippen LogP contribution in [0.25, 0.3) is 11.3 Å². The summed E-state index contributed by atoms with van der Waals surface area (Å²) in [7, 11) is 0. The number of carbonyl (C=O) groups is 1. The Labute approximate surface area is 152 Å². The van der Waals surface area contributed by atoms with Crippen LogP contribution in [0.2, 0.25) is 0 Å². The Morgan fingerprint density at radius 3 is 2.96 bits per heavy atom. The summed E-state index contributed by atoms with van der Waals surface area (Å²) < 4.78 is 5.59. The normalized spacial score (nSPS) is 16.8. The van der Waals surface area contributed by atoms with Crippen molar-refractivity contribution in [1.82, 2.24) is 10.3 Å². The molecular weight excluding hydrogens is 334 g/mol. The van der Waals surface area contributed by atoms with Crippen molar-refractivity contribution in [3.05, 3.63) is 29.6 Å². The van der Waals surface area contributed by atoms with Crippen LogP contribution in [0.3, 0.4) is 0 Å². The van der Waals surface area contributed by atoms with Gasteiger partial charge >= 0.3 is 0 Å². The van der Waals surface area contributed by atoms with Crippen LogP contribution in [0.5, 0.6) is 5.75 Å². The SMILES string of the molecule is CCCOc1ccc(-c2csc(NC(=O)CCC3CCNC3)n2)cc1. The largest absolute Gasteiger partial charge is 0.494 e. The van der Waals surface area contributed by atoms with Crippen molar-refractivity contribution in [2.75, 3.05) is 25.0 Å². The lowest BCUT2D eigenvalue weighted by molar-refractivity contribution is -0.116. The number of rotatable bonds is 8. The number of hydrogen-bond acceptors (Lipinski definition) is 5. The van der Waals surface area contributed by atoms with Crippen molar-refractivity contribution in [3.8, 4) is 17.0 Å². The van der Waals surface area contributed by atoms with Gasteiger partial charge < -0.3 is 15.4 Å². The summed E-state index contributed by atoms with van der Waals surface area (Å²) in [5, 5.41) is 8.88. The summed E-state index contributed by atoms with van der Waals surface area (Å²) in [6, 6.07) is 7.91. The molecule has 0 radical (unpaired) electrons. The number of hydrogen-bond donors (Lipinski definition) is 2. The van der Waals surface area contributed by atoms with Gasteiger partial charge in [-0.1, -0.05) is 6.92 Å². The molecule has 6 heteroatoms. The van der Waals surface area contributed by atoms with Crippen LogP contribution in [0, 0.1) is 5.92 Å². The number of ether oxygens (including phenoxy) is 1. The van der Waals surface area contributed by atoms with Crippen molar-refractivity contribution in [2.24, 2.45) is 5.92 Å². The summed E-state index contributed by atoms with van der Waals surface area (Å²) in [6.07, 6.45) is 3.67. The molecule has 1 aromatic carbocycles. The molecule has 0 aliphatic carbocycles. The van der Waals surface area contributed by atoms with E-state index in [1.165, 1.54) is 17.8 Å². The van der Waals surface area contributed by atoms with Crippen LogP contribution in [-0.4, -0.2) is 30.6 Å². The maximum atomic E-state index is 12.1. The maximum Gasteiger partial charge on any atom is 0.226 e. The summed E-state index contributed by atoms with van der Waals surface area (Å²) in [4.78, 5) is 16.6. The second-order valence-electron chi connectivity index (χ2n) is 6.36. The van der Waals surface area contributed by atoms with Gasteiger partial charge in [0.2, 0.25) is 5.91 Å². The van der Waals surface area contributed by atoms with Crippen molar-refractivity contribution in [3.63, 3.8) is 0 Å². The lowest BCUT2D eigenvalue weighted by Gasteiger charge is -2.07. The molecule has 2 N–H and O–H groups in total. The second-order valence-corrected chi connectivity index (χ2v) is 7.21. The molecule has 2 heterocycles. The minimum Gasteiger partial charge on any atom is -0.494 e. The zero-order chi connectivity index (χ0) is 17.5. The monoisotopic (exact) mass is 359 g/mol. The number of carbonyl (C=O) groups excluding carboxylic acids is 1. The zero-order valence-corrected chi connectivity index (χ0v) is 15.4. The highest BCUT2D eigenvalue weighted by Crippen LogP contribution is 2.27. The molecule has 1 unspecified atom stereocenters. The van der Waals surface area contributed by atoms with Crippen LogP contribution < -0.4 is 15.4 Å². The number of nitrogens with zero attached hydrogens (tertiary/aromatic N) is 1. The predicted octanol–water partition coefficient (Wildman–Crippen LogP) is 3.93.